The molecule has 0 aromatic heterocycles. The second kappa shape index (κ2) is 5.94. The van der Waals surface area contributed by atoms with Crippen molar-refractivity contribution < 1.29 is 9.53 Å². The molecule has 12 heavy (non-hydrogen) atoms. The van der Waals surface area contributed by atoms with Crippen LogP contribution in [0.5, 0.6) is 0 Å². The van der Waals surface area contributed by atoms with Crippen LogP contribution in [0.15, 0.2) is 12.0 Å². The fourth-order valence-electron chi connectivity index (χ4n) is 0.610. The van der Waals surface area contributed by atoms with Crippen molar-refractivity contribution in [1.29, 1.82) is 0 Å². The van der Waals surface area contributed by atoms with Crippen molar-refractivity contribution in [3.63, 3.8) is 0 Å². The number of rotatable bonds is 4. The van der Waals surface area contributed by atoms with E-state index in [-0.39, 0.29) is 11.2 Å². The lowest BCUT2D eigenvalue weighted by molar-refractivity contribution is -0.107. The quantitative estimate of drug-likeness (QED) is 0.535. The summed E-state index contributed by atoms with van der Waals surface area (Å²) in [6, 6.07) is 0.269. The highest BCUT2D eigenvalue weighted by molar-refractivity contribution is 8.13. The zero-order chi connectivity index (χ0) is 9.56. The number of thioether (sulfide) groups is 1. The molecular weight excluding hydrogens is 174 g/mol. The summed E-state index contributed by atoms with van der Waals surface area (Å²) in [4.78, 5) is 10.9. The summed E-state index contributed by atoms with van der Waals surface area (Å²) in [6.07, 6.45) is 3.19. The van der Waals surface area contributed by atoms with Crippen LogP contribution in [0, 0.1) is 0 Å². The third-order valence-corrected chi connectivity index (χ3v) is 1.62. The zero-order valence-corrected chi connectivity index (χ0v) is 8.70. The van der Waals surface area contributed by atoms with E-state index >= 15 is 0 Å². The van der Waals surface area contributed by atoms with Gasteiger partial charge >= 0.3 is 0 Å². The van der Waals surface area contributed by atoms with E-state index in [1.165, 1.54) is 13.2 Å². The summed E-state index contributed by atoms with van der Waals surface area (Å²) in [5.74, 6) is 0.518. The van der Waals surface area contributed by atoms with Gasteiger partial charge in [-0.15, -0.1) is 0 Å². The molecule has 0 unspecified atom stereocenters. The Hall–Kier alpha value is -0.640. The zero-order valence-electron chi connectivity index (χ0n) is 7.88. The highest BCUT2D eigenvalue weighted by Crippen LogP contribution is 2.00. The molecule has 0 fully saturated rings. The van der Waals surface area contributed by atoms with E-state index in [0.717, 1.165) is 11.8 Å². The second-order valence-corrected chi connectivity index (χ2v) is 3.35. The van der Waals surface area contributed by atoms with Crippen molar-refractivity contribution in [3.8, 4) is 0 Å². The Morgan fingerprint density at radius 2 is 2.17 bits per heavy atom. The third-order valence-electron chi connectivity index (χ3n) is 1.10. The summed E-state index contributed by atoms with van der Waals surface area (Å²) in [5, 5.41) is 2.99. The molecule has 0 aromatic rings. The van der Waals surface area contributed by atoms with Gasteiger partial charge in [-0.05, 0) is 20.1 Å². The molecule has 0 heterocycles. The van der Waals surface area contributed by atoms with Crippen LogP contribution < -0.4 is 5.32 Å². The Kier molecular flexibility index (Phi) is 5.62. The molecule has 0 bridgehead atoms. The van der Waals surface area contributed by atoms with Crippen molar-refractivity contribution >= 4 is 16.9 Å². The molecule has 70 valence electrons. The Labute approximate surface area is 77.6 Å². The van der Waals surface area contributed by atoms with Gasteiger partial charge in [-0.25, -0.2) is 0 Å². The standard InChI is InChI=1S/C8H15NO2S/c1-6(2)9-7(11-3)5-8(10)12-4/h5-6,9H,1-4H3/b7-5-. The molecule has 0 atom stereocenters. The fourth-order valence-corrected chi connectivity index (χ4v) is 0.835. The molecule has 0 aliphatic heterocycles. The van der Waals surface area contributed by atoms with Crippen LogP contribution in [0.25, 0.3) is 0 Å². The number of ether oxygens (including phenoxy) is 1. The van der Waals surface area contributed by atoms with Gasteiger partial charge in [0.05, 0.1) is 13.2 Å². The highest BCUT2D eigenvalue weighted by Gasteiger charge is 2.01. The predicted octanol–water partition coefficient (Wildman–Crippen LogP) is 1.36. The average Bonchev–Trinajstić information content (AvgIpc) is 2.02. The van der Waals surface area contributed by atoms with Crippen LogP contribution in [0.2, 0.25) is 0 Å². The van der Waals surface area contributed by atoms with Crippen molar-refractivity contribution in [2.24, 2.45) is 0 Å². The van der Waals surface area contributed by atoms with Gasteiger partial charge in [0.25, 0.3) is 0 Å². The molecule has 1 N–H and O–H groups in total. The van der Waals surface area contributed by atoms with Crippen molar-refractivity contribution in [1.82, 2.24) is 5.32 Å². The SMILES string of the molecule is CO/C(=C\C(=O)SC)NC(C)C. The van der Waals surface area contributed by atoms with Gasteiger partial charge in [-0.1, -0.05) is 11.8 Å². The predicted molar refractivity (Wildman–Crippen MR) is 51.9 cm³/mol. The molecule has 0 radical (unpaired) electrons. The minimum Gasteiger partial charge on any atom is -0.482 e. The van der Waals surface area contributed by atoms with Crippen molar-refractivity contribution in [2.75, 3.05) is 13.4 Å². The normalized spacial score (nSPS) is 11.6. The van der Waals surface area contributed by atoms with Crippen LogP contribution in [0.3, 0.4) is 0 Å². The van der Waals surface area contributed by atoms with Gasteiger partial charge in [0.1, 0.15) is 0 Å². The lowest BCUT2D eigenvalue weighted by Gasteiger charge is -2.11. The lowest BCUT2D eigenvalue weighted by atomic mass is 10.4. The van der Waals surface area contributed by atoms with E-state index in [1.807, 2.05) is 13.8 Å². The van der Waals surface area contributed by atoms with E-state index in [1.54, 1.807) is 6.26 Å². The fraction of sp³-hybridized carbons (Fsp3) is 0.625. The molecule has 0 aromatic carbocycles. The molecule has 0 saturated heterocycles. The first-order valence-electron chi connectivity index (χ1n) is 3.70. The van der Waals surface area contributed by atoms with Crippen LogP contribution in [0.4, 0.5) is 0 Å². The summed E-state index contributed by atoms with van der Waals surface area (Å²) in [6.45, 7) is 3.97. The molecule has 0 spiro atoms. The highest BCUT2D eigenvalue weighted by atomic mass is 32.2. The maximum Gasteiger partial charge on any atom is 0.217 e. The lowest BCUT2D eigenvalue weighted by Crippen LogP contribution is -2.23. The molecular formula is C8H15NO2S. The van der Waals surface area contributed by atoms with Crippen molar-refractivity contribution in [3.05, 3.63) is 12.0 Å². The van der Waals surface area contributed by atoms with Crippen LogP contribution in [-0.2, 0) is 9.53 Å². The van der Waals surface area contributed by atoms with Gasteiger partial charge in [-0.2, -0.15) is 0 Å². The Bertz CT molecular complexity index is 178. The van der Waals surface area contributed by atoms with E-state index < -0.39 is 0 Å². The molecule has 4 heteroatoms. The molecule has 0 amide bonds. The van der Waals surface area contributed by atoms with Gasteiger partial charge in [-0.3, -0.25) is 4.79 Å². The summed E-state index contributed by atoms with van der Waals surface area (Å²) in [7, 11) is 1.54. The van der Waals surface area contributed by atoms with Crippen LogP contribution in [-0.4, -0.2) is 24.5 Å². The Morgan fingerprint density at radius 3 is 2.50 bits per heavy atom. The van der Waals surface area contributed by atoms with Gasteiger partial charge in [0, 0.05) is 6.04 Å². The molecule has 0 aliphatic rings. The Balaban J connectivity index is 4.13. The number of hydrogen-bond acceptors (Lipinski definition) is 4. The van der Waals surface area contributed by atoms with E-state index in [0.29, 0.717) is 5.88 Å². The van der Waals surface area contributed by atoms with Crippen LogP contribution in [0.1, 0.15) is 13.8 Å². The Morgan fingerprint density at radius 1 is 1.58 bits per heavy atom. The number of carbonyl (C=O) groups excluding carboxylic acids is 1. The number of hydrogen-bond donors (Lipinski definition) is 1. The van der Waals surface area contributed by atoms with E-state index in [9.17, 15) is 4.79 Å². The number of methoxy groups -OCH3 is 1. The van der Waals surface area contributed by atoms with Gasteiger partial charge in [0.2, 0.25) is 5.12 Å². The average molecular weight is 189 g/mol. The van der Waals surface area contributed by atoms with Gasteiger partial charge < -0.3 is 10.1 Å². The summed E-state index contributed by atoms with van der Waals surface area (Å²) >= 11 is 1.16. The summed E-state index contributed by atoms with van der Waals surface area (Å²) in [5.41, 5.74) is 0. The minimum absolute atomic E-state index is 0.0139. The molecule has 0 aliphatic carbocycles. The topological polar surface area (TPSA) is 38.3 Å². The number of nitrogens with one attached hydrogen (secondary N) is 1. The minimum atomic E-state index is -0.0139. The molecule has 0 saturated carbocycles. The number of carbonyl (C=O) groups is 1. The largest absolute Gasteiger partial charge is 0.482 e. The first-order valence-corrected chi connectivity index (χ1v) is 4.92. The first-order chi connectivity index (χ1) is 5.60. The maximum atomic E-state index is 10.9. The van der Waals surface area contributed by atoms with Gasteiger partial charge in [0.15, 0.2) is 5.88 Å². The maximum absolute atomic E-state index is 10.9. The van der Waals surface area contributed by atoms with E-state index in [4.69, 9.17) is 4.74 Å². The monoisotopic (exact) mass is 189 g/mol. The molecule has 3 nitrogen and oxygen atoms in total. The smallest absolute Gasteiger partial charge is 0.217 e. The first kappa shape index (κ1) is 11.4. The van der Waals surface area contributed by atoms with Crippen molar-refractivity contribution in [2.45, 2.75) is 19.9 Å². The summed E-state index contributed by atoms with van der Waals surface area (Å²) < 4.78 is 4.95. The van der Waals surface area contributed by atoms with Crippen LogP contribution >= 0.6 is 11.8 Å². The second-order valence-electron chi connectivity index (χ2n) is 2.53. The van der Waals surface area contributed by atoms with E-state index in [2.05, 4.69) is 5.32 Å². The molecule has 0 rings (SSSR count). The third kappa shape index (κ3) is 5.07.